The van der Waals surface area contributed by atoms with E-state index in [2.05, 4.69) is 176 Å². The lowest BCUT2D eigenvalue weighted by Crippen LogP contribution is -2.35. The predicted octanol–water partition coefficient (Wildman–Crippen LogP) is 12.7. The molecule has 0 saturated heterocycles. The predicted molar refractivity (Wildman–Crippen MR) is 226 cm³/mol. The van der Waals surface area contributed by atoms with Gasteiger partial charge in [0, 0.05) is 28.9 Å². The molecule has 0 bridgehead atoms. The fraction of sp³-hybridized carbons (Fsp3) is 0.0400. The number of amidine groups is 2. The summed E-state index contributed by atoms with van der Waals surface area (Å²) in [6.45, 7) is 0. The van der Waals surface area contributed by atoms with E-state index in [1.165, 1.54) is 26.9 Å². The third kappa shape index (κ3) is 4.70. The number of furan rings is 1. The van der Waals surface area contributed by atoms with Crippen molar-refractivity contribution in [3.05, 3.63) is 193 Å². The molecule has 1 unspecified atom stereocenters. The van der Waals surface area contributed by atoms with Gasteiger partial charge in [0.15, 0.2) is 12.0 Å². The van der Waals surface area contributed by atoms with Crippen molar-refractivity contribution < 1.29 is 4.42 Å². The lowest BCUT2D eigenvalue weighted by atomic mass is 9.91. The molecule has 0 N–H and O–H groups in total. The van der Waals surface area contributed by atoms with Crippen LogP contribution in [0.15, 0.2) is 190 Å². The highest BCUT2D eigenvalue weighted by Gasteiger charge is 2.29. The van der Waals surface area contributed by atoms with Crippen LogP contribution in [0.1, 0.15) is 22.9 Å². The van der Waals surface area contributed by atoms with Crippen LogP contribution in [-0.2, 0) is 0 Å². The Kier molecular flexibility index (Phi) is 6.80. The van der Waals surface area contributed by atoms with Crippen molar-refractivity contribution in [2.45, 2.75) is 6.17 Å². The summed E-state index contributed by atoms with van der Waals surface area (Å²) >= 11 is 0. The largest absolute Gasteiger partial charge is 0.456 e. The molecule has 54 heavy (non-hydrogen) atoms. The number of fused-ring (bicyclic) bond motifs is 8. The Bertz CT molecular complexity index is 3210. The summed E-state index contributed by atoms with van der Waals surface area (Å²) in [4.78, 5) is 13.2. The average Bonchev–Trinajstić information content (AvgIpc) is 3.62. The maximum Gasteiger partial charge on any atom is 0.160 e. The van der Waals surface area contributed by atoms with E-state index in [1.54, 1.807) is 0 Å². The summed E-state index contributed by atoms with van der Waals surface area (Å²) in [5.74, 6) is 1.61. The van der Waals surface area contributed by atoms with Gasteiger partial charge in [0.2, 0.25) is 0 Å². The molecule has 9 aromatic carbocycles. The van der Waals surface area contributed by atoms with Gasteiger partial charge in [0.25, 0.3) is 0 Å². The molecule has 4 nitrogen and oxygen atoms in total. The highest BCUT2D eigenvalue weighted by Crippen LogP contribution is 2.41. The van der Waals surface area contributed by atoms with Crippen LogP contribution < -0.4 is 0 Å². The topological polar surface area (TPSA) is 41.1 Å². The number of benzene rings is 9. The fourth-order valence-corrected chi connectivity index (χ4v) is 8.54. The van der Waals surface area contributed by atoms with Crippen molar-refractivity contribution in [2.24, 2.45) is 9.98 Å². The molecule has 2 heterocycles. The quantitative estimate of drug-likeness (QED) is 0.172. The summed E-state index contributed by atoms with van der Waals surface area (Å²) in [6, 6.07) is 62.5. The normalized spacial score (nSPS) is 14.8. The van der Waals surface area contributed by atoms with Crippen LogP contribution in [0, 0.1) is 0 Å². The van der Waals surface area contributed by atoms with Gasteiger partial charge in [-0.3, -0.25) is 0 Å². The molecule has 10 aromatic rings. The second-order valence-corrected chi connectivity index (χ2v) is 14.2. The first-order valence-corrected chi connectivity index (χ1v) is 18.4. The second kappa shape index (κ2) is 12.0. The number of hydrogen-bond donors (Lipinski definition) is 0. The molecule has 0 radical (unpaired) electrons. The smallest absolute Gasteiger partial charge is 0.160 e. The Labute approximate surface area is 311 Å². The molecule has 4 heteroatoms. The van der Waals surface area contributed by atoms with Crippen LogP contribution in [0.2, 0.25) is 0 Å². The van der Waals surface area contributed by atoms with Crippen LogP contribution in [0.25, 0.3) is 76.2 Å². The molecule has 0 amide bonds. The fourth-order valence-electron chi connectivity index (χ4n) is 8.54. The summed E-state index contributed by atoms with van der Waals surface area (Å²) in [7, 11) is 2.12. The highest BCUT2D eigenvalue weighted by molar-refractivity contribution is 6.24. The van der Waals surface area contributed by atoms with Crippen molar-refractivity contribution in [1.29, 1.82) is 0 Å². The second-order valence-electron chi connectivity index (χ2n) is 14.2. The molecule has 0 spiro atoms. The maximum atomic E-state index is 6.31. The molecule has 0 saturated carbocycles. The molecule has 0 aliphatic carbocycles. The van der Waals surface area contributed by atoms with Gasteiger partial charge < -0.3 is 9.32 Å². The van der Waals surface area contributed by atoms with Crippen LogP contribution >= 0.6 is 0 Å². The van der Waals surface area contributed by atoms with E-state index in [1.807, 2.05) is 12.1 Å². The number of nitrogens with zero attached hydrogens (tertiary/aromatic N) is 3. The van der Waals surface area contributed by atoms with Crippen molar-refractivity contribution in [3.63, 3.8) is 0 Å². The minimum atomic E-state index is -0.299. The molecule has 1 aliphatic heterocycles. The van der Waals surface area contributed by atoms with E-state index >= 15 is 0 Å². The van der Waals surface area contributed by atoms with Gasteiger partial charge in [0.1, 0.15) is 17.0 Å². The summed E-state index contributed by atoms with van der Waals surface area (Å²) in [6.07, 6.45) is -0.299. The molecule has 1 atom stereocenters. The van der Waals surface area contributed by atoms with E-state index in [0.29, 0.717) is 0 Å². The van der Waals surface area contributed by atoms with Gasteiger partial charge in [-0.2, -0.15) is 0 Å². The monoisotopic (exact) mass is 691 g/mol. The minimum Gasteiger partial charge on any atom is -0.456 e. The Hall–Kier alpha value is -7.04. The molecular formula is C50H33N3O. The zero-order valence-electron chi connectivity index (χ0n) is 29.6. The van der Waals surface area contributed by atoms with Crippen LogP contribution in [0.4, 0.5) is 0 Å². The standard InChI is InChI=1S/C50H33N3O/c1-53-49(34-26-25-31-13-2-3-14-32(31)29-34)51-48(44-30-33-15-4-5-16-35(33)36-17-6-9-20-39(36)44)52-50(53)42-28-27-40(37-18-7-8-19-38(37)42)41-22-12-24-46-47(41)43-21-10-11-23-45(43)54-46/h2-30,49H,1H3. The van der Waals surface area contributed by atoms with Gasteiger partial charge in [-0.25, -0.2) is 9.98 Å². The lowest BCUT2D eigenvalue weighted by Gasteiger charge is -2.33. The Morgan fingerprint density at radius 2 is 1.06 bits per heavy atom. The minimum absolute atomic E-state index is 0.299. The van der Waals surface area contributed by atoms with Crippen LogP contribution in [-0.4, -0.2) is 23.6 Å². The molecule has 1 aromatic heterocycles. The average molecular weight is 692 g/mol. The van der Waals surface area contributed by atoms with E-state index in [9.17, 15) is 0 Å². The first kappa shape index (κ1) is 30.6. The lowest BCUT2D eigenvalue weighted by molar-refractivity contribution is 0.383. The van der Waals surface area contributed by atoms with Crippen LogP contribution in [0.5, 0.6) is 0 Å². The summed E-state index contributed by atoms with van der Waals surface area (Å²) in [5, 5.41) is 11.7. The highest BCUT2D eigenvalue weighted by atomic mass is 16.3. The van der Waals surface area contributed by atoms with E-state index < -0.39 is 0 Å². The van der Waals surface area contributed by atoms with E-state index in [4.69, 9.17) is 14.4 Å². The van der Waals surface area contributed by atoms with Crippen LogP contribution in [0.3, 0.4) is 0 Å². The number of rotatable bonds is 4. The molecule has 0 fully saturated rings. The first-order valence-electron chi connectivity index (χ1n) is 18.4. The molecular weight excluding hydrogens is 659 g/mol. The summed E-state index contributed by atoms with van der Waals surface area (Å²) < 4.78 is 6.31. The molecule has 11 rings (SSSR count). The molecule has 254 valence electrons. The number of para-hydroxylation sites is 1. The Morgan fingerprint density at radius 3 is 1.87 bits per heavy atom. The number of aliphatic imine (C=N–C) groups is 2. The van der Waals surface area contributed by atoms with E-state index in [0.717, 1.165) is 77.6 Å². The van der Waals surface area contributed by atoms with Crippen molar-refractivity contribution in [2.75, 3.05) is 7.05 Å². The maximum absolute atomic E-state index is 6.31. The molecule has 1 aliphatic rings. The third-order valence-electron chi connectivity index (χ3n) is 11.1. The zero-order valence-corrected chi connectivity index (χ0v) is 29.6. The summed E-state index contributed by atoms with van der Waals surface area (Å²) in [5.41, 5.74) is 7.30. The third-order valence-corrected chi connectivity index (χ3v) is 11.1. The van der Waals surface area contributed by atoms with Crippen molar-refractivity contribution >= 4 is 76.7 Å². The zero-order chi connectivity index (χ0) is 35.8. The van der Waals surface area contributed by atoms with Crippen molar-refractivity contribution in [1.82, 2.24) is 4.90 Å². The number of hydrogen-bond acceptors (Lipinski definition) is 4. The first-order chi connectivity index (χ1) is 26.7. The van der Waals surface area contributed by atoms with Gasteiger partial charge in [0.05, 0.1) is 0 Å². The van der Waals surface area contributed by atoms with Gasteiger partial charge >= 0.3 is 0 Å². The Morgan fingerprint density at radius 1 is 0.444 bits per heavy atom. The van der Waals surface area contributed by atoms with Crippen molar-refractivity contribution in [3.8, 4) is 11.1 Å². The van der Waals surface area contributed by atoms with Gasteiger partial charge in [-0.05, 0) is 84.0 Å². The van der Waals surface area contributed by atoms with E-state index in [-0.39, 0.29) is 6.17 Å². The Balaban J connectivity index is 1.15. The van der Waals surface area contributed by atoms with Gasteiger partial charge in [-0.15, -0.1) is 0 Å². The van der Waals surface area contributed by atoms with Gasteiger partial charge in [-0.1, -0.05) is 152 Å². The SMILES string of the molecule is CN1C(c2ccc(-c3cccc4oc5ccccc5c34)c3ccccc23)=NC(c2cc3ccccc3c3ccccc23)=NC1c1ccc2ccccc2c1.